The van der Waals surface area contributed by atoms with E-state index in [0.717, 1.165) is 45.9 Å². The van der Waals surface area contributed by atoms with Crippen LogP contribution in [0, 0.1) is 18.3 Å². The maximum absolute atomic E-state index is 13.5. The molecule has 4 rings (SSSR count). The molecule has 2 heterocycles. The maximum atomic E-state index is 13.5. The van der Waals surface area contributed by atoms with Crippen LogP contribution >= 0.6 is 23.1 Å². The Labute approximate surface area is 168 Å². The first-order valence-corrected chi connectivity index (χ1v) is 11.5. The summed E-state index contributed by atoms with van der Waals surface area (Å²) in [6, 6.07) is 8.11. The molecule has 0 saturated carbocycles. The predicted molar refractivity (Wildman–Crippen MR) is 117 cm³/mol. The molecule has 0 saturated heterocycles. The lowest BCUT2D eigenvalue weighted by Gasteiger charge is -2.33. The van der Waals surface area contributed by atoms with Gasteiger partial charge in [-0.15, -0.1) is 11.3 Å². The molecule has 0 fully saturated rings. The topological polar surface area (TPSA) is 34.9 Å². The number of thioether (sulfide) groups is 1. The number of nitrogens with zero attached hydrogens (tertiary/aromatic N) is 2. The molecule has 3 aromatic rings. The summed E-state index contributed by atoms with van der Waals surface area (Å²) >= 11 is 3.27. The van der Waals surface area contributed by atoms with Crippen LogP contribution in [0.25, 0.3) is 15.9 Å². The summed E-state index contributed by atoms with van der Waals surface area (Å²) in [6.07, 6.45) is 5.19. The number of aryl methyl sites for hydroxylation is 2. The van der Waals surface area contributed by atoms with Crippen LogP contribution in [0.1, 0.15) is 43.2 Å². The van der Waals surface area contributed by atoms with Crippen molar-refractivity contribution in [1.29, 1.82) is 0 Å². The summed E-state index contributed by atoms with van der Waals surface area (Å²) in [5.74, 6) is 0.664. The molecule has 0 bridgehead atoms. The molecule has 3 nitrogen and oxygen atoms in total. The monoisotopic (exact) mass is 398 g/mol. The van der Waals surface area contributed by atoms with Crippen LogP contribution in [0.3, 0.4) is 0 Å². The van der Waals surface area contributed by atoms with Crippen molar-refractivity contribution in [3.05, 3.63) is 50.6 Å². The standard InChI is InChI=1S/C22H26N2OS2/c1-13-7-6-8-15(11-13)24-20(25)18-16-10-9-14(22(2,3)4)12-17(16)27-19(18)23-21(24)26-5/h6-8,11,14H,9-10,12H2,1-5H3/t14-/m0/s1. The van der Waals surface area contributed by atoms with E-state index in [9.17, 15) is 4.79 Å². The average molecular weight is 399 g/mol. The highest BCUT2D eigenvalue weighted by Gasteiger charge is 2.32. The number of rotatable bonds is 2. The molecule has 1 aliphatic carbocycles. The van der Waals surface area contributed by atoms with E-state index in [0.29, 0.717) is 11.3 Å². The minimum Gasteiger partial charge on any atom is -0.268 e. The lowest BCUT2D eigenvalue weighted by atomic mass is 9.72. The predicted octanol–water partition coefficient (Wildman–Crippen LogP) is 5.63. The van der Waals surface area contributed by atoms with Crippen LogP contribution in [0.5, 0.6) is 0 Å². The van der Waals surface area contributed by atoms with Gasteiger partial charge in [0.1, 0.15) is 4.83 Å². The van der Waals surface area contributed by atoms with Gasteiger partial charge in [-0.05, 0) is 67.0 Å². The lowest BCUT2D eigenvalue weighted by Crippen LogP contribution is -2.27. The minimum absolute atomic E-state index is 0.0849. The molecule has 5 heteroatoms. The molecule has 1 aliphatic rings. The van der Waals surface area contributed by atoms with Gasteiger partial charge in [-0.3, -0.25) is 9.36 Å². The summed E-state index contributed by atoms with van der Waals surface area (Å²) in [5.41, 5.74) is 3.69. The highest BCUT2D eigenvalue weighted by molar-refractivity contribution is 7.98. The molecular weight excluding hydrogens is 372 g/mol. The van der Waals surface area contributed by atoms with Crippen molar-refractivity contribution < 1.29 is 0 Å². The number of fused-ring (bicyclic) bond motifs is 3. The molecule has 0 amide bonds. The Kier molecular flexibility index (Phi) is 4.71. The van der Waals surface area contributed by atoms with Crippen LogP contribution < -0.4 is 5.56 Å². The second-order valence-electron chi connectivity index (χ2n) is 8.57. The fraction of sp³-hybridized carbons (Fsp3) is 0.455. The number of hydrogen-bond donors (Lipinski definition) is 0. The van der Waals surface area contributed by atoms with Gasteiger partial charge in [-0.25, -0.2) is 4.98 Å². The Hall–Kier alpha value is -1.59. The van der Waals surface area contributed by atoms with Crippen molar-refractivity contribution in [3.8, 4) is 5.69 Å². The van der Waals surface area contributed by atoms with Crippen molar-refractivity contribution in [2.75, 3.05) is 6.26 Å². The van der Waals surface area contributed by atoms with Crippen LogP contribution in [-0.4, -0.2) is 15.8 Å². The fourth-order valence-corrected chi connectivity index (χ4v) is 5.98. The highest BCUT2D eigenvalue weighted by atomic mass is 32.2. The molecule has 1 atom stereocenters. The van der Waals surface area contributed by atoms with E-state index >= 15 is 0 Å². The Morgan fingerprint density at radius 3 is 2.74 bits per heavy atom. The second kappa shape index (κ2) is 6.78. The van der Waals surface area contributed by atoms with Gasteiger partial charge in [0.25, 0.3) is 5.56 Å². The number of aromatic nitrogens is 2. The first kappa shape index (κ1) is 18.8. The van der Waals surface area contributed by atoms with E-state index in [-0.39, 0.29) is 5.56 Å². The molecule has 142 valence electrons. The molecule has 0 aliphatic heterocycles. The van der Waals surface area contributed by atoms with Gasteiger partial charge >= 0.3 is 0 Å². The molecule has 0 unspecified atom stereocenters. The normalized spacial score (nSPS) is 17.3. The zero-order chi connectivity index (χ0) is 19.3. The molecular formula is C22H26N2OS2. The van der Waals surface area contributed by atoms with Gasteiger partial charge in [-0.1, -0.05) is 44.7 Å². The Bertz CT molecular complexity index is 1070. The quantitative estimate of drug-likeness (QED) is 0.414. The number of thiophene rings is 1. The SMILES string of the molecule is CSc1nc2sc3c(c2c(=O)n1-c1cccc(C)c1)CC[C@H](C(C)(C)C)C3. The van der Waals surface area contributed by atoms with Crippen molar-refractivity contribution in [3.63, 3.8) is 0 Å². The van der Waals surface area contributed by atoms with Gasteiger partial charge in [-0.2, -0.15) is 0 Å². The highest BCUT2D eigenvalue weighted by Crippen LogP contribution is 2.42. The van der Waals surface area contributed by atoms with Gasteiger partial charge in [0.2, 0.25) is 0 Å². The zero-order valence-corrected chi connectivity index (χ0v) is 18.3. The van der Waals surface area contributed by atoms with E-state index in [1.807, 2.05) is 18.4 Å². The summed E-state index contributed by atoms with van der Waals surface area (Å²) in [6.45, 7) is 9.03. The minimum atomic E-state index is 0.0849. The van der Waals surface area contributed by atoms with Crippen LogP contribution in [-0.2, 0) is 12.8 Å². The second-order valence-corrected chi connectivity index (χ2v) is 10.4. The smallest absolute Gasteiger partial charge is 0.267 e. The van der Waals surface area contributed by atoms with Crippen molar-refractivity contribution in [1.82, 2.24) is 9.55 Å². The van der Waals surface area contributed by atoms with E-state index < -0.39 is 0 Å². The van der Waals surface area contributed by atoms with Crippen LogP contribution in [0.15, 0.2) is 34.2 Å². The van der Waals surface area contributed by atoms with E-state index in [1.54, 1.807) is 15.9 Å². The number of benzene rings is 1. The summed E-state index contributed by atoms with van der Waals surface area (Å²) in [4.78, 5) is 20.7. The first-order valence-electron chi connectivity index (χ1n) is 9.48. The third kappa shape index (κ3) is 3.25. The summed E-state index contributed by atoms with van der Waals surface area (Å²) in [7, 11) is 0. The Morgan fingerprint density at radius 1 is 1.30 bits per heavy atom. The average Bonchev–Trinajstić information content (AvgIpc) is 2.98. The fourth-order valence-electron chi connectivity index (χ4n) is 4.08. The molecule has 1 aromatic carbocycles. The van der Waals surface area contributed by atoms with E-state index in [2.05, 4.69) is 39.8 Å². The number of hydrogen-bond acceptors (Lipinski definition) is 4. The van der Waals surface area contributed by atoms with Crippen molar-refractivity contribution in [2.24, 2.45) is 11.3 Å². The Balaban J connectivity index is 1.93. The molecule has 27 heavy (non-hydrogen) atoms. The molecule has 0 N–H and O–H groups in total. The largest absolute Gasteiger partial charge is 0.268 e. The van der Waals surface area contributed by atoms with E-state index in [1.165, 1.54) is 22.2 Å². The zero-order valence-electron chi connectivity index (χ0n) is 16.6. The molecule has 0 spiro atoms. The van der Waals surface area contributed by atoms with Gasteiger partial charge < -0.3 is 0 Å². The van der Waals surface area contributed by atoms with E-state index in [4.69, 9.17) is 4.98 Å². The third-order valence-corrected chi connectivity index (χ3v) is 7.51. The molecule has 2 aromatic heterocycles. The van der Waals surface area contributed by atoms with Crippen molar-refractivity contribution >= 4 is 33.3 Å². The van der Waals surface area contributed by atoms with Gasteiger partial charge in [0.05, 0.1) is 11.1 Å². The molecule has 0 radical (unpaired) electrons. The summed E-state index contributed by atoms with van der Waals surface area (Å²) in [5, 5.41) is 1.62. The van der Waals surface area contributed by atoms with Crippen LogP contribution in [0.2, 0.25) is 0 Å². The lowest BCUT2D eigenvalue weighted by molar-refractivity contribution is 0.218. The summed E-state index contributed by atoms with van der Waals surface area (Å²) < 4.78 is 1.79. The van der Waals surface area contributed by atoms with Crippen LogP contribution in [0.4, 0.5) is 0 Å². The maximum Gasteiger partial charge on any atom is 0.267 e. The van der Waals surface area contributed by atoms with Gasteiger partial charge in [0, 0.05) is 4.88 Å². The first-order chi connectivity index (χ1) is 12.8. The Morgan fingerprint density at radius 2 is 2.07 bits per heavy atom. The van der Waals surface area contributed by atoms with Gasteiger partial charge in [0.15, 0.2) is 5.16 Å². The van der Waals surface area contributed by atoms with Crippen molar-refractivity contribution in [2.45, 2.75) is 52.1 Å². The third-order valence-electron chi connectivity index (χ3n) is 5.72.